The zero-order chi connectivity index (χ0) is 14.3. The van der Waals surface area contributed by atoms with Gasteiger partial charge in [0.15, 0.2) is 5.51 Å². The first-order valence-electron chi connectivity index (χ1n) is 4.81. The molecule has 1 aromatic heterocycles. The molecule has 0 aliphatic heterocycles. The van der Waals surface area contributed by atoms with Crippen LogP contribution in [0.25, 0.3) is 10.4 Å². The van der Waals surface area contributed by atoms with Crippen molar-refractivity contribution in [3.63, 3.8) is 0 Å². The second-order valence-electron chi connectivity index (χ2n) is 3.54. The number of thiazole rings is 1. The zero-order valence-corrected chi connectivity index (χ0v) is 9.75. The summed E-state index contributed by atoms with van der Waals surface area (Å²) in [5.41, 5.74) is -1.63. The third kappa shape index (κ3) is 2.73. The number of benzene rings is 1. The predicted molar refractivity (Wildman–Crippen MR) is 56.4 cm³/mol. The lowest BCUT2D eigenvalue weighted by Crippen LogP contribution is -2.17. The topological polar surface area (TPSA) is 12.9 Å². The molecule has 8 heteroatoms. The Balaban J connectivity index is 2.76. The van der Waals surface area contributed by atoms with Gasteiger partial charge < -0.3 is 0 Å². The molecule has 0 aliphatic rings. The molecule has 0 spiro atoms. The van der Waals surface area contributed by atoms with Gasteiger partial charge in [0.1, 0.15) is 0 Å². The Bertz CT molecular complexity index is 570. The van der Waals surface area contributed by atoms with Crippen molar-refractivity contribution in [2.75, 3.05) is 0 Å². The Hall–Kier alpha value is -1.57. The molecule has 0 unspecified atom stereocenters. The maximum Gasteiger partial charge on any atom is 0.417 e. The largest absolute Gasteiger partial charge is 0.417 e. The maximum atomic E-state index is 12.9. The van der Waals surface area contributed by atoms with Crippen molar-refractivity contribution in [3.8, 4) is 10.4 Å². The zero-order valence-electron chi connectivity index (χ0n) is 8.93. The van der Waals surface area contributed by atoms with Crippen LogP contribution in [-0.2, 0) is 12.4 Å². The third-order valence-electron chi connectivity index (χ3n) is 2.31. The van der Waals surface area contributed by atoms with E-state index in [1.807, 2.05) is 0 Å². The van der Waals surface area contributed by atoms with E-state index in [1.165, 1.54) is 0 Å². The lowest BCUT2D eigenvalue weighted by Gasteiger charge is -2.18. The van der Waals surface area contributed by atoms with Gasteiger partial charge in [-0.25, -0.2) is 4.98 Å². The molecule has 2 rings (SSSR count). The van der Waals surface area contributed by atoms with Crippen molar-refractivity contribution in [3.05, 3.63) is 41.0 Å². The molecule has 1 nitrogen and oxygen atoms in total. The van der Waals surface area contributed by atoms with Crippen molar-refractivity contribution in [2.45, 2.75) is 12.4 Å². The van der Waals surface area contributed by atoms with Crippen molar-refractivity contribution in [2.24, 2.45) is 0 Å². The summed E-state index contributed by atoms with van der Waals surface area (Å²) in [4.78, 5) is 3.44. The summed E-state index contributed by atoms with van der Waals surface area (Å²) < 4.78 is 76.8. The Morgan fingerprint density at radius 1 is 1.00 bits per heavy atom. The van der Waals surface area contributed by atoms with Crippen LogP contribution in [-0.4, -0.2) is 4.98 Å². The number of halogens is 6. The average molecular weight is 296 g/mol. The summed E-state index contributed by atoms with van der Waals surface area (Å²) in [5.74, 6) is 0. The molecule has 101 valence electrons. The number of alkyl halides is 6. The van der Waals surface area contributed by atoms with Gasteiger partial charge in [0.25, 0.3) is 0 Å². The second kappa shape index (κ2) is 4.52. The minimum Gasteiger partial charge on any atom is -0.241 e. The smallest absolute Gasteiger partial charge is 0.241 e. The minimum absolute atomic E-state index is 0.0153. The molecule has 0 atom stereocenters. The van der Waals surface area contributed by atoms with Gasteiger partial charge in [0.05, 0.1) is 16.0 Å². The highest BCUT2D eigenvalue weighted by molar-refractivity contribution is 7.12. The first kappa shape index (κ1) is 13.9. The van der Waals surface area contributed by atoms with Gasteiger partial charge in [-0.15, -0.1) is 11.3 Å². The molecule has 0 amide bonds. The fraction of sp³-hybridized carbons (Fsp3) is 0.182. The van der Waals surface area contributed by atoms with E-state index in [2.05, 4.69) is 10.5 Å². The molecule has 1 radical (unpaired) electrons. The normalized spacial score (nSPS) is 12.7. The van der Waals surface area contributed by atoms with E-state index in [1.54, 1.807) is 0 Å². The highest BCUT2D eigenvalue weighted by atomic mass is 32.1. The van der Waals surface area contributed by atoms with Gasteiger partial charge in [-0.2, -0.15) is 26.3 Å². The molecule has 1 aromatic carbocycles. The Labute approximate surface area is 107 Å². The number of hydrogen-bond acceptors (Lipinski definition) is 2. The molecule has 1 heterocycles. The lowest BCUT2D eigenvalue weighted by atomic mass is 9.99. The van der Waals surface area contributed by atoms with E-state index in [4.69, 9.17) is 0 Å². The minimum atomic E-state index is -5.11. The van der Waals surface area contributed by atoms with Crippen LogP contribution in [0, 0.1) is 5.51 Å². The van der Waals surface area contributed by atoms with Crippen LogP contribution in [0.4, 0.5) is 26.3 Å². The van der Waals surface area contributed by atoms with Gasteiger partial charge >= 0.3 is 12.4 Å². The van der Waals surface area contributed by atoms with Gasteiger partial charge in [-0.05, 0) is 6.07 Å². The molecule has 0 saturated heterocycles. The fourth-order valence-electron chi connectivity index (χ4n) is 1.61. The van der Waals surface area contributed by atoms with Crippen molar-refractivity contribution in [1.29, 1.82) is 0 Å². The van der Waals surface area contributed by atoms with Crippen molar-refractivity contribution >= 4 is 11.3 Å². The highest BCUT2D eigenvalue weighted by Gasteiger charge is 2.44. The van der Waals surface area contributed by atoms with Gasteiger partial charge in [0, 0.05) is 11.8 Å². The Kier molecular flexibility index (Phi) is 3.29. The Morgan fingerprint density at radius 2 is 1.68 bits per heavy atom. The van der Waals surface area contributed by atoms with Gasteiger partial charge in [-0.1, -0.05) is 12.1 Å². The third-order valence-corrected chi connectivity index (χ3v) is 3.05. The van der Waals surface area contributed by atoms with E-state index < -0.39 is 29.0 Å². The van der Waals surface area contributed by atoms with Gasteiger partial charge in [-0.3, -0.25) is 0 Å². The monoisotopic (exact) mass is 296 g/mol. The van der Waals surface area contributed by atoms with E-state index in [0.29, 0.717) is 6.07 Å². The summed E-state index contributed by atoms with van der Waals surface area (Å²) >= 11 is 0.722. The molecule has 0 saturated carbocycles. The van der Waals surface area contributed by atoms with E-state index in [0.717, 1.165) is 29.7 Å². The van der Waals surface area contributed by atoms with E-state index in [9.17, 15) is 26.3 Å². The molecule has 19 heavy (non-hydrogen) atoms. The van der Waals surface area contributed by atoms with Crippen LogP contribution in [0.5, 0.6) is 0 Å². The summed E-state index contributed by atoms with van der Waals surface area (Å²) in [5, 5.41) is 0. The number of nitrogens with zero attached hydrogens (tertiary/aromatic N) is 1. The number of hydrogen-bond donors (Lipinski definition) is 0. The Morgan fingerprint density at radius 3 is 2.16 bits per heavy atom. The van der Waals surface area contributed by atoms with Crippen LogP contribution in [0.15, 0.2) is 24.4 Å². The van der Waals surface area contributed by atoms with Gasteiger partial charge in [0.2, 0.25) is 0 Å². The first-order valence-corrected chi connectivity index (χ1v) is 5.62. The van der Waals surface area contributed by atoms with E-state index in [-0.39, 0.29) is 4.88 Å². The standard InChI is InChI=1S/C11H4F6NS/c12-10(13,14)7-3-1-2-6(8-4-18-5-19-8)9(7)11(15,16)17/h1-4H. The molecule has 0 bridgehead atoms. The SMILES string of the molecule is FC(F)(F)c1cccc(-c2cn[c]s2)c1C(F)(F)F. The van der Waals surface area contributed by atoms with Crippen molar-refractivity contribution < 1.29 is 26.3 Å². The molecule has 0 N–H and O–H groups in total. The van der Waals surface area contributed by atoms with Crippen LogP contribution < -0.4 is 0 Å². The summed E-state index contributed by atoms with van der Waals surface area (Å²) in [6.45, 7) is 0. The maximum absolute atomic E-state index is 12.9. The fourth-order valence-corrected chi connectivity index (χ4v) is 2.20. The predicted octanol–water partition coefficient (Wildman–Crippen LogP) is 4.65. The number of aromatic nitrogens is 1. The summed E-state index contributed by atoms with van der Waals surface area (Å²) in [7, 11) is 0. The summed E-state index contributed by atoms with van der Waals surface area (Å²) in [6, 6.07) is 2.34. The quantitative estimate of drug-likeness (QED) is 0.698. The summed E-state index contributed by atoms with van der Waals surface area (Å²) in [6.07, 6.45) is -9.13. The van der Waals surface area contributed by atoms with Crippen LogP contribution in [0.1, 0.15) is 11.1 Å². The molecule has 0 aliphatic carbocycles. The average Bonchev–Trinajstić information content (AvgIpc) is 2.79. The molecule has 0 fully saturated rings. The van der Waals surface area contributed by atoms with Crippen LogP contribution >= 0.6 is 11.3 Å². The second-order valence-corrected chi connectivity index (χ2v) is 4.37. The van der Waals surface area contributed by atoms with Crippen molar-refractivity contribution in [1.82, 2.24) is 4.98 Å². The van der Waals surface area contributed by atoms with Crippen LogP contribution in [0.2, 0.25) is 0 Å². The highest BCUT2D eigenvalue weighted by Crippen LogP contribution is 2.45. The van der Waals surface area contributed by atoms with Crippen LogP contribution in [0.3, 0.4) is 0 Å². The lowest BCUT2D eigenvalue weighted by molar-refractivity contribution is -0.161. The molecular weight excluding hydrogens is 292 g/mol. The first-order chi connectivity index (χ1) is 8.71. The number of rotatable bonds is 1. The molecular formula is C11H4F6NS. The molecule has 2 aromatic rings. The van der Waals surface area contributed by atoms with E-state index >= 15 is 0 Å².